The Hall–Kier alpha value is -0.0400. The molecule has 0 saturated heterocycles. The molecule has 122 valence electrons. The van der Waals surface area contributed by atoms with Gasteiger partial charge in [-0.05, 0) is 38.3 Å². The molecule has 0 fully saturated rings. The highest BCUT2D eigenvalue weighted by atomic mass is 127. The summed E-state index contributed by atoms with van der Waals surface area (Å²) in [5, 5.41) is 6.75. The second-order valence-corrected chi connectivity index (χ2v) is 5.40. The van der Waals surface area contributed by atoms with Gasteiger partial charge in [0.2, 0.25) is 0 Å². The number of guanidine groups is 1. The summed E-state index contributed by atoms with van der Waals surface area (Å²) in [6.07, 6.45) is 3.69. The summed E-state index contributed by atoms with van der Waals surface area (Å²) in [5.74, 6) is 1.71. The minimum absolute atomic E-state index is 0. The first-order chi connectivity index (χ1) is 9.13. The first kappa shape index (κ1) is 22.2. The Morgan fingerprint density at radius 2 is 1.75 bits per heavy atom. The van der Waals surface area contributed by atoms with Crippen LogP contribution in [0.25, 0.3) is 0 Å². The van der Waals surface area contributed by atoms with Gasteiger partial charge in [-0.25, -0.2) is 0 Å². The predicted octanol–water partition coefficient (Wildman–Crippen LogP) is 2.94. The second-order valence-electron chi connectivity index (χ2n) is 5.40. The summed E-state index contributed by atoms with van der Waals surface area (Å²) in [4.78, 5) is 6.71. The van der Waals surface area contributed by atoms with Gasteiger partial charge in [-0.2, -0.15) is 0 Å². The van der Waals surface area contributed by atoms with Crippen molar-refractivity contribution in [3.63, 3.8) is 0 Å². The van der Waals surface area contributed by atoms with Gasteiger partial charge >= 0.3 is 0 Å². The van der Waals surface area contributed by atoms with Crippen LogP contribution >= 0.6 is 24.0 Å². The van der Waals surface area contributed by atoms with E-state index in [1.165, 1.54) is 25.8 Å². The zero-order valence-corrected chi connectivity index (χ0v) is 16.4. The number of halogens is 1. The van der Waals surface area contributed by atoms with Gasteiger partial charge in [0.15, 0.2) is 5.96 Å². The summed E-state index contributed by atoms with van der Waals surface area (Å²) in [5.41, 5.74) is 0. The summed E-state index contributed by atoms with van der Waals surface area (Å²) in [6, 6.07) is 0. The van der Waals surface area contributed by atoms with E-state index in [0.29, 0.717) is 0 Å². The largest absolute Gasteiger partial charge is 0.356 e. The molecule has 0 aromatic heterocycles. The minimum atomic E-state index is 0. The molecule has 0 rings (SSSR count). The molecule has 4 nitrogen and oxygen atoms in total. The number of likely N-dealkylation sites (N-methyl/N-ethyl adjacent to an activating group) is 1. The first-order valence-electron chi connectivity index (χ1n) is 7.80. The maximum Gasteiger partial charge on any atom is 0.191 e. The maximum absolute atomic E-state index is 4.25. The number of nitrogens with zero attached hydrogens (tertiary/aromatic N) is 2. The Morgan fingerprint density at radius 3 is 2.25 bits per heavy atom. The molecule has 0 spiro atoms. The van der Waals surface area contributed by atoms with Gasteiger partial charge in [-0.1, -0.05) is 27.7 Å². The van der Waals surface area contributed by atoms with Crippen LogP contribution in [0.2, 0.25) is 0 Å². The first-order valence-corrected chi connectivity index (χ1v) is 7.80. The maximum atomic E-state index is 4.25. The molecular formula is C15H35IN4. The van der Waals surface area contributed by atoms with Crippen LogP contribution in [0.15, 0.2) is 4.99 Å². The van der Waals surface area contributed by atoms with Crippen molar-refractivity contribution in [1.29, 1.82) is 0 Å². The molecule has 0 bridgehead atoms. The molecule has 0 aromatic rings. The molecule has 0 unspecified atom stereocenters. The number of hydrogen-bond donors (Lipinski definition) is 2. The van der Waals surface area contributed by atoms with Crippen LogP contribution in [0.3, 0.4) is 0 Å². The van der Waals surface area contributed by atoms with Crippen molar-refractivity contribution >= 4 is 29.9 Å². The van der Waals surface area contributed by atoms with Crippen LogP contribution in [0, 0.1) is 5.92 Å². The van der Waals surface area contributed by atoms with Crippen LogP contribution in [0.5, 0.6) is 0 Å². The summed E-state index contributed by atoms with van der Waals surface area (Å²) >= 11 is 0. The lowest BCUT2D eigenvalue weighted by Crippen LogP contribution is -2.42. The standard InChI is InChI=1S/C15H34N4.HI/c1-6-12-19(7-2)13-11-18-15(16-5)17-10-8-9-14(3)4;/h14H,6-13H2,1-5H3,(H2,16,17,18);1H. The van der Waals surface area contributed by atoms with Gasteiger partial charge in [0.05, 0.1) is 0 Å². The van der Waals surface area contributed by atoms with Gasteiger partial charge in [-0.15, -0.1) is 24.0 Å². The molecule has 20 heavy (non-hydrogen) atoms. The molecule has 0 aliphatic rings. The van der Waals surface area contributed by atoms with Crippen molar-refractivity contribution in [3.8, 4) is 0 Å². The van der Waals surface area contributed by atoms with Crippen molar-refractivity contribution < 1.29 is 0 Å². The zero-order chi connectivity index (χ0) is 14.5. The summed E-state index contributed by atoms with van der Waals surface area (Å²) < 4.78 is 0. The number of hydrogen-bond acceptors (Lipinski definition) is 2. The third-order valence-corrected chi connectivity index (χ3v) is 3.18. The fourth-order valence-electron chi connectivity index (χ4n) is 2.01. The lowest BCUT2D eigenvalue weighted by Gasteiger charge is -2.20. The quantitative estimate of drug-likeness (QED) is 0.257. The summed E-state index contributed by atoms with van der Waals surface area (Å²) in [7, 11) is 1.83. The van der Waals surface area contributed by atoms with Crippen molar-refractivity contribution in [2.24, 2.45) is 10.9 Å². The fourth-order valence-corrected chi connectivity index (χ4v) is 2.01. The van der Waals surface area contributed by atoms with Gasteiger partial charge < -0.3 is 15.5 Å². The van der Waals surface area contributed by atoms with Crippen LogP contribution in [-0.2, 0) is 0 Å². The van der Waals surface area contributed by atoms with Gasteiger partial charge in [0.25, 0.3) is 0 Å². The molecular weight excluding hydrogens is 363 g/mol. The average Bonchev–Trinajstić information content (AvgIpc) is 2.39. The van der Waals surface area contributed by atoms with E-state index in [1.807, 2.05) is 7.05 Å². The van der Waals surface area contributed by atoms with Gasteiger partial charge in [0, 0.05) is 26.7 Å². The third kappa shape index (κ3) is 13.0. The van der Waals surface area contributed by atoms with Crippen molar-refractivity contribution in [1.82, 2.24) is 15.5 Å². The fraction of sp³-hybridized carbons (Fsp3) is 0.933. The van der Waals surface area contributed by atoms with Crippen LogP contribution in [0.1, 0.15) is 47.0 Å². The predicted molar refractivity (Wildman–Crippen MR) is 101 cm³/mol. The molecule has 0 aliphatic heterocycles. The third-order valence-electron chi connectivity index (χ3n) is 3.18. The Kier molecular flexibility index (Phi) is 17.1. The van der Waals surface area contributed by atoms with Crippen LogP contribution in [-0.4, -0.2) is 50.6 Å². The Balaban J connectivity index is 0. The minimum Gasteiger partial charge on any atom is -0.356 e. The number of aliphatic imine (C=N–C) groups is 1. The highest BCUT2D eigenvalue weighted by Crippen LogP contribution is 2.01. The van der Waals surface area contributed by atoms with E-state index in [4.69, 9.17) is 0 Å². The number of rotatable bonds is 10. The molecule has 0 aromatic carbocycles. The average molecular weight is 398 g/mol. The molecule has 0 saturated carbocycles. The van der Waals surface area contributed by atoms with Crippen LogP contribution in [0.4, 0.5) is 0 Å². The molecule has 2 N–H and O–H groups in total. The normalized spacial score (nSPS) is 11.7. The monoisotopic (exact) mass is 398 g/mol. The second kappa shape index (κ2) is 15.4. The molecule has 0 atom stereocenters. The lowest BCUT2D eigenvalue weighted by atomic mass is 10.1. The van der Waals surface area contributed by atoms with Crippen LogP contribution < -0.4 is 10.6 Å². The van der Waals surface area contributed by atoms with E-state index in [1.54, 1.807) is 0 Å². The molecule has 0 amide bonds. The molecule has 5 heteroatoms. The topological polar surface area (TPSA) is 39.7 Å². The Labute approximate surface area is 143 Å². The SMILES string of the molecule is CCCN(CC)CCNC(=NC)NCCCC(C)C.I. The zero-order valence-electron chi connectivity index (χ0n) is 14.0. The lowest BCUT2D eigenvalue weighted by molar-refractivity contribution is 0.293. The highest BCUT2D eigenvalue weighted by molar-refractivity contribution is 14.0. The van der Waals surface area contributed by atoms with Crippen molar-refractivity contribution in [3.05, 3.63) is 0 Å². The van der Waals surface area contributed by atoms with E-state index < -0.39 is 0 Å². The summed E-state index contributed by atoms with van der Waals surface area (Å²) in [6.45, 7) is 14.3. The molecule has 0 radical (unpaired) electrons. The molecule has 0 heterocycles. The van der Waals surface area contributed by atoms with Crippen molar-refractivity contribution in [2.75, 3.05) is 39.8 Å². The number of nitrogens with one attached hydrogen (secondary N) is 2. The van der Waals surface area contributed by atoms with Gasteiger partial charge in [0.1, 0.15) is 0 Å². The molecule has 0 aliphatic carbocycles. The Morgan fingerprint density at radius 1 is 1.10 bits per heavy atom. The van der Waals surface area contributed by atoms with Crippen molar-refractivity contribution in [2.45, 2.75) is 47.0 Å². The highest BCUT2D eigenvalue weighted by Gasteiger charge is 2.02. The van der Waals surface area contributed by atoms with Gasteiger partial charge in [-0.3, -0.25) is 4.99 Å². The van der Waals surface area contributed by atoms with E-state index >= 15 is 0 Å². The Bertz CT molecular complexity index is 232. The van der Waals surface area contributed by atoms with E-state index in [-0.39, 0.29) is 24.0 Å². The smallest absolute Gasteiger partial charge is 0.191 e. The van der Waals surface area contributed by atoms with E-state index in [2.05, 4.69) is 48.2 Å². The van der Waals surface area contributed by atoms with E-state index in [0.717, 1.165) is 38.1 Å². The van der Waals surface area contributed by atoms with E-state index in [9.17, 15) is 0 Å².